The van der Waals surface area contributed by atoms with Gasteiger partial charge in [-0.25, -0.2) is 13.4 Å². The predicted molar refractivity (Wildman–Crippen MR) is 129 cm³/mol. The topological polar surface area (TPSA) is 113 Å². The standard InChI is InChI=1S/C21H18ClN5O3S2/c1-12(2)32(29,30)27-14-4-5-15(22)17(11-14)25-21-26-20(28)19(31-21)10-13-3-6-16-18(9-13)24-8-7-23-16/h3-12,27H,1-2H3,(H,25,26,28)/b19-10+. The van der Waals surface area contributed by atoms with Gasteiger partial charge in [0.25, 0.3) is 5.91 Å². The van der Waals surface area contributed by atoms with Crippen LogP contribution in [0.15, 0.2) is 58.7 Å². The lowest BCUT2D eigenvalue weighted by Crippen LogP contribution is -2.22. The van der Waals surface area contributed by atoms with Crippen molar-refractivity contribution in [2.24, 2.45) is 4.99 Å². The molecule has 2 aromatic carbocycles. The van der Waals surface area contributed by atoms with Crippen LogP contribution in [0.3, 0.4) is 0 Å². The summed E-state index contributed by atoms with van der Waals surface area (Å²) in [5.41, 5.74) is 2.97. The van der Waals surface area contributed by atoms with E-state index in [1.807, 2.05) is 18.2 Å². The Morgan fingerprint density at radius 1 is 1.12 bits per heavy atom. The first-order valence-electron chi connectivity index (χ1n) is 9.53. The van der Waals surface area contributed by atoms with E-state index in [-0.39, 0.29) is 5.91 Å². The first kappa shape index (κ1) is 22.3. The van der Waals surface area contributed by atoms with Gasteiger partial charge in [0, 0.05) is 12.4 Å². The molecule has 4 rings (SSSR count). The van der Waals surface area contributed by atoms with Gasteiger partial charge in [0.05, 0.1) is 37.6 Å². The number of hydrogen-bond acceptors (Lipinski definition) is 7. The van der Waals surface area contributed by atoms with Crippen LogP contribution in [-0.4, -0.2) is 34.7 Å². The second kappa shape index (κ2) is 8.89. The SMILES string of the molecule is CC(C)S(=O)(=O)Nc1ccc(Cl)c(N=C2NC(=O)/C(=C\c3ccc4nccnc4c3)S2)c1. The number of benzene rings is 2. The number of rotatable bonds is 5. The van der Waals surface area contributed by atoms with Gasteiger partial charge in [0.15, 0.2) is 5.17 Å². The first-order valence-corrected chi connectivity index (χ1v) is 12.3. The summed E-state index contributed by atoms with van der Waals surface area (Å²) in [7, 11) is -3.51. The van der Waals surface area contributed by atoms with Gasteiger partial charge in [-0.3, -0.25) is 19.5 Å². The Labute approximate surface area is 194 Å². The number of carbonyl (C=O) groups excluding carboxylic acids is 1. The normalized spacial score (nSPS) is 16.8. The van der Waals surface area contributed by atoms with E-state index in [0.717, 1.165) is 28.4 Å². The van der Waals surface area contributed by atoms with Crippen LogP contribution >= 0.6 is 23.4 Å². The summed E-state index contributed by atoms with van der Waals surface area (Å²) < 4.78 is 26.8. The molecule has 0 spiro atoms. The summed E-state index contributed by atoms with van der Waals surface area (Å²) in [5.74, 6) is -0.291. The Morgan fingerprint density at radius 3 is 2.62 bits per heavy atom. The summed E-state index contributed by atoms with van der Waals surface area (Å²) in [6, 6.07) is 10.2. The molecule has 2 N–H and O–H groups in total. The minimum Gasteiger partial charge on any atom is -0.300 e. The number of aromatic nitrogens is 2. The van der Waals surface area contributed by atoms with Gasteiger partial charge in [-0.2, -0.15) is 0 Å². The van der Waals surface area contributed by atoms with E-state index in [1.54, 1.807) is 44.4 Å². The number of hydrogen-bond donors (Lipinski definition) is 2. The highest BCUT2D eigenvalue weighted by atomic mass is 35.5. The van der Waals surface area contributed by atoms with E-state index in [1.165, 1.54) is 6.07 Å². The Bertz CT molecular complexity index is 1390. The van der Waals surface area contributed by atoms with Gasteiger partial charge in [0.1, 0.15) is 0 Å². The van der Waals surface area contributed by atoms with E-state index in [9.17, 15) is 13.2 Å². The average molecular weight is 488 g/mol. The molecule has 0 saturated carbocycles. The number of aliphatic imine (C=N–C) groups is 1. The molecular weight excluding hydrogens is 470 g/mol. The van der Waals surface area contributed by atoms with Crippen LogP contribution in [0.2, 0.25) is 5.02 Å². The van der Waals surface area contributed by atoms with E-state index >= 15 is 0 Å². The fourth-order valence-corrected chi connectivity index (χ4v) is 4.44. The Balaban J connectivity index is 1.59. The first-order chi connectivity index (χ1) is 15.2. The van der Waals surface area contributed by atoms with Gasteiger partial charge in [0.2, 0.25) is 10.0 Å². The molecule has 0 aliphatic carbocycles. The molecule has 1 aliphatic heterocycles. The number of carbonyl (C=O) groups is 1. The summed E-state index contributed by atoms with van der Waals surface area (Å²) in [6.07, 6.45) is 4.98. The minimum atomic E-state index is -3.51. The zero-order valence-corrected chi connectivity index (χ0v) is 19.4. The second-order valence-electron chi connectivity index (χ2n) is 7.15. The monoisotopic (exact) mass is 487 g/mol. The largest absolute Gasteiger partial charge is 0.300 e. The summed E-state index contributed by atoms with van der Waals surface area (Å²) in [5, 5.41) is 2.78. The van der Waals surface area contributed by atoms with Crippen molar-refractivity contribution in [3.63, 3.8) is 0 Å². The van der Waals surface area contributed by atoms with Gasteiger partial charge in [-0.15, -0.1) is 0 Å². The van der Waals surface area contributed by atoms with Crippen molar-refractivity contribution in [2.75, 3.05) is 4.72 Å². The van der Waals surface area contributed by atoms with Gasteiger partial charge < -0.3 is 5.32 Å². The number of halogens is 1. The molecule has 8 nitrogen and oxygen atoms in total. The van der Waals surface area contributed by atoms with E-state index in [4.69, 9.17) is 11.6 Å². The molecule has 1 aliphatic rings. The number of anilines is 1. The van der Waals surface area contributed by atoms with Crippen molar-refractivity contribution in [3.05, 3.63) is 64.3 Å². The molecule has 1 fully saturated rings. The van der Waals surface area contributed by atoms with Crippen molar-refractivity contribution in [2.45, 2.75) is 19.1 Å². The molecule has 0 radical (unpaired) electrons. The Kier molecular flexibility index (Phi) is 6.18. The van der Waals surface area contributed by atoms with Crippen LogP contribution < -0.4 is 10.0 Å². The van der Waals surface area contributed by atoms with Crippen LogP contribution in [0, 0.1) is 0 Å². The molecule has 0 unspecified atom stereocenters. The van der Waals surface area contributed by atoms with Crippen molar-refractivity contribution in [1.82, 2.24) is 15.3 Å². The fraction of sp³-hybridized carbons (Fsp3) is 0.143. The van der Waals surface area contributed by atoms with Crippen LogP contribution in [0.4, 0.5) is 11.4 Å². The smallest absolute Gasteiger partial charge is 0.264 e. The third-order valence-electron chi connectivity index (χ3n) is 4.49. The zero-order valence-electron chi connectivity index (χ0n) is 17.0. The highest BCUT2D eigenvalue weighted by molar-refractivity contribution is 8.18. The maximum absolute atomic E-state index is 12.4. The van der Waals surface area contributed by atoms with Crippen molar-refractivity contribution < 1.29 is 13.2 Å². The van der Waals surface area contributed by atoms with Crippen LogP contribution in [-0.2, 0) is 14.8 Å². The average Bonchev–Trinajstić information content (AvgIpc) is 3.08. The highest BCUT2D eigenvalue weighted by Gasteiger charge is 2.24. The van der Waals surface area contributed by atoms with Gasteiger partial charge in [-0.05, 0) is 67.6 Å². The molecule has 3 aromatic rings. The van der Waals surface area contributed by atoms with Gasteiger partial charge >= 0.3 is 0 Å². The molecule has 0 bridgehead atoms. The molecule has 164 valence electrons. The lowest BCUT2D eigenvalue weighted by Gasteiger charge is -2.11. The molecule has 1 saturated heterocycles. The lowest BCUT2D eigenvalue weighted by molar-refractivity contribution is -0.115. The zero-order chi connectivity index (χ0) is 22.9. The molecule has 1 amide bonds. The molecule has 2 heterocycles. The number of amidine groups is 1. The third kappa shape index (κ3) is 4.93. The second-order valence-corrected chi connectivity index (χ2v) is 10.8. The predicted octanol–water partition coefficient (Wildman–Crippen LogP) is 4.32. The number of nitrogens with zero attached hydrogens (tertiary/aromatic N) is 3. The number of amides is 1. The number of nitrogens with one attached hydrogen (secondary N) is 2. The van der Waals surface area contributed by atoms with Crippen molar-refractivity contribution in [1.29, 1.82) is 0 Å². The molecule has 1 aromatic heterocycles. The minimum absolute atomic E-state index is 0.291. The summed E-state index contributed by atoms with van der Waals surface area (Å²) in [4.78, 5) is 25.8. The molecule has 32 heavy (non-hydrogen) atoms. The van der Waals surface area contributed by atoms with Gasteiger partial charge in [-0.1, -0.05) is 17.7 Å². The van der Waals surface area contributed by atoms with Crippen LogP contribution in [0.5, 0.6) is 0 Å². The quantitative estimate of drug-likeness (QED) is 0.518. The number of thioether (sulfide) groups is 1. The third-order valence-corrected chi connectivity index (χ3v) is 7.48. The maximum atomic E-state index is 12.4. The van der Waals surface area contributed by atoms with E-state index in [0.29, 0.717) is 26.5 Å². The Hall–Kier alpha value is -2.95. The van der Waals surface area contributed by atoms with Crippen LogP contribution in [0.25, 0.3) is 17.1 Å². The lowest BCUT2D eigenvalue weighted by atomic mass is 10.2. The van der Waals surface area contributed by atoms with Crippen molar-refractivity contribution in [3.8, 4) is 0 Å². The Morgan fingerprint density at radius 2 is 1.88 bits per heavy atom. The number of fused-ring (bicyclic) bond motifs is 1. The van der Waals surface area contributed by atoms with Crippen molar-refractivity contribution >= 4 is 72.9 Å². The number of sulfonamides is 1. The highest BCUT2D eigenvalue weighted by Crippen LogP contribution is 2.33. The maximum Gasteiger partial charge on any atom is 0.264 e. The molecular formula is C21H18ClN5O3S2. The van der Waals surface area contributed by atoms with E-state index in [2.05, 4.69) is 25.0 Å². The summed E-state index contributed by atoms with van der Waals surface area (Å²) in [6.45, 7) is 3.17. The fourth-order valence-electron chi connectivity index (χ4n) is 2.76. The van der Waals surface area contributed by atoms with E-state index < -0.39 is 15.3 Å². The summed E-state index contributed by atoms with van der Waals surface area (Å²) >= 11 is 7.40. The van der Waals surface area contributed by atoms with Crippen LogP contribution in [0.1, 0.15) is 19.4 Å². The molecule has 11 heteroatoms. The molecule has 0 atom stereocenters.